The lowest BCUT2D eigenvalue weighted by Crippen LogP contribution is -2.33. The number of fused-ring (bicyclic) bond motifs is 2. The van der Waals surface area contributed by atoms with E-state index in [-0.39, 0.29) is 5.56 Å². The monoisotopic (exact) mass is 321 g/mol. The van der Waals surface area contributed by atoms with Crippen LogP contribution in [-0.2, 0) is 19.5 Å². The molecule has 0 amide bonds. The van der Waals surface area contributed by atoms with Crippen molar-refractivity contribution in [3.8, 4) is 0 Å². The molecule has 0 atom stereocenters. The second-order valence-corrected chi connectivity index (χ2v) is 6.19. The maximum Gasteiger partial charge on any atom is 0.263 e. The maximum atomic E-state index is 12.4. The third-order valence-corrected chi connectivity index (χ3v) is 4.47. The van der Waals surface area contributed by atoms with Crippen LogP contribution >= 0.6 is 0 Å². The smallest absolute Gasteiger partial charge is 0.263 e. The summed E-state index contributed by atoms with van der Waals surface area (Å²) in [6.07, 6.45) is 4.25. The Kier molecular flexibility index (Phi) is 3.45. The zero-order valence-corrected chi connectivity index (χ0v) is 13.6. The average Bonchev–Trinajstić information content (AvgIpc) is 2.98. The van der Waals surface area contributed by atoms with Gasteiger partial charge in [-0.05, 0) is 24.5 Å². The normalized spacial score (nSPS) is 14.0. The zero-order chi connectivity index (χ0) is 16.7. The van der Waals surface area contributed by atoms with Crippen LogP contribution < -0.4 is 10.5 Å². The number of H-pyrrole nitrogens is 1. The number of hydrogen-bond donors (Lipinski definition) is 1. The topological polar surface area (TPSA) is 66.8 Å². The highest BCUT2D eigenvalue weighted by atomic mass is 16.1. The third kappa shape index (κ3) is 2.40. The van der Waals surface area contributed by atoms with Gasteiger partial charge in [-0.1, -0.05) is 29.8 Å². The van der Waals surface area contributed by atoms with Crippen molar-refractivity contribution in [1.29, 1.82) is 0 Å². The van der Waals surface area contributed by atoms with Crippen molar-refractivity contribution in [2.75, 3.05) is 11.4 Å². The van der Waals surface area contributed by atoms with Gasteiger partial charge >= 0.3 is 0 Å². The van der Waals surface area contributed by atoms with Gasteiger partial charge in [0.1, 0.15) is 5.39 Å². The molecule has 6 nitrogen and oxygen atoms in total. The van der Waals surface area contributed by atoms with Crippen molar-refractivity contribution in [3.63, 3.8) is 0 Å². The van der Waals surface area contributed by atoms with Crippen LogP contribution in [-0.4, -0.2) is 26.3 Å². The number of allylic oxidation sites excluding steroid dienone is 1. The molecule has 0 bridgehead atoms. The Hall–Kier alpha value is -2.89. The molecule has 3 heterocycles. The Morgan fingerprint density at radius 3 is 3.08 bits per heavy atom. The molecule has 0 saturated carbocycles. The van der Waals surface area contributed by atoms with Gasteiger partial charge < -0.3 is 4.90 Å². The number of aromatic nitrogens is 4. The van der Waals surface area contributed by atoms with E-state index in [0.717, 1.165) is 19.5 Å². The van der Waals surface area contributed by atoms with Gasteiger partial charge in [-0.15, -0.1) is 6.58 Å². The standard InChI is InChI=1S/C18H19N5O/c1-3-7-23-16-15(10-19-23)17(24)21-18(20-16)22-8-6-13-5-4-12(2)9-14(13)11-22/h3-5,9-10H,1,6-8,11H2,2H3,(H,20,21,24). The molecule has 1 aromatic carbocycles. The number of nitrogens with one attached hydrogen (secondary N) is 1. The fourth-order valence-electron chi connectivity index (χ4n) is 3.23. The highest BCUT2D eigenvalue weighted by Crippen LogP contribution is 2.23. The predicted molar refractivity (Wildman–Crippen MR) is 94.3 cm³/mol. The lowest BCUT2D eigenvalue weighted by Gasteiger charge is -2.29. The molecule has 3 aromatic rings. The molecule has 2 aromatic heterocycles. The largest absolute Gasteiger partial charge is 0.338 e. The molecule has 0 spiro atoms. The van der Waals surface area contributed by atoms with Gasteiger partial charge in [-0.2, -0.15) is 10.1 Å². The number of hydrogen-bond acceptors (Lipinski definition) is 4. The van der Waals surface area contributed by atoms with Crippen LogP contribution in [0.4, 0.5) is 5.95 Å². The van der Waals surface area contributed by atoms with Gasteiger partial charge in [0.25, 0.3) is 5.56 Å². The summed E-state index contributed by atoms with van der Waals surface area (Å²) in [7, 11) is 0. The summed E-state index contributed by atoms with van der Waals surface area (Å²) in [6.45, 7) is 7.94. The van der Waals surface area contributed by atoms with E-state index in [9.17, 15) is 4.79 Å². The van der Waals surface area contributed by atoms with Crippen LogP contribution in [0.5, 0.6) is 0 Å². The van der Waals surface area contributed by atoms with Gasteiger partial charge in [0.05, 0.1) is 12.7 Å². The molecule has 0 fully saturated rings. The minimum Gasteiger partial charge on any atom is -0.338 e. The van der Waals surface area contributed by atoms with Gasteiger partial charge in [0, 0.05) is 13.1 Å². The summed E-state index contributed by atoms with van der Waals surface area (Å²) >= 11 is 0. The number of nitrogens with zero attached hydrogens (tertiary/aromatic N) is 4. The van der Waals surface area contributed by atoms with E-state index in [1.54, 1.807) is 17.0 Å². The van der Waals surface area contributed by atoms with Crippen LogP contribution in [0.2, 0.25) is 0 Å². The highest BCUT2D eigenvalue weighted by molar-refractivity contribution is 5.74. The van der Waals surface area contributed by atoms with Crippen LogP contribution in [0.15, 0.2) is 41.8 Å². The second-order valence-electron chi connectivity index (χ2n) is 6.19. The Labute approximate surface area is 139 Å². The lowest BCUT2D eigenvalue weighted by molar-refractivity contribution is 0.695. The molecule has 1 N–H and O–H groups in total. The molecule has 4 rings (SSSR count). The molecule has 0 saturated heterocycles. The molecule has 122 valence electrons. The van der Waals surface area contributed by atoms with Crippen molar-refractivity contribution in [2.24, 2.45) is 0 Å². The number of benzene rings is 1. The Bertz CT molecular complexity index is 985. The van der Waals surface area contributed by atoms with Gasteiger partial charge in [0.2, 0.25) is 5.95 Å². The van der Waals surface area contributed by atoms with E-state index < -0.39 is 0 Å². The maximum absolute atomic E-state index is 12.4. The van der Waals surface area contributed by atoms with Crippen molar-refractivity contribution in [3.05, 3.63) is 64.1 Å². The van der Waals surface area contributed by atoms with Crippen molar-refractivity contribution in [2.45, 2.75) is 26.4 Å². The van der Waals surface area contributed by atoms with E-state index in [0.29, 0.717) is 23.5 Å². The first-order chi connectivity index (χ1) is 11.7. The van der Waals surface area contributed by atoms with Crippen molar-refractivity contribution in [1.82, 2.24) is 19.7 Å². The molecule has 1 aliphatic heterocycles. The summed E-state index contributed by atoms with van der Waals surface area (Å²) in [5.74, 6) is 0.602. The van der Waals surface area contributed by atoms with Crippen molar-refractivity contribution >= 4 is 17.0 Å². The second kappa shape index (κ2) is 5.63. The molecular formula is C18H19N5O. The predicted octanol–water partition coefficient (Wildman–Crippen LogP) is 2.18. The summed E-state index contributed by atoms with van der Waals surface area (Å²) in [4.78, 5) is 22.0. The van der Waals surface area contributed by atoms with Gasteiger partial charge in [-0.25, -0.2) is 4.68 Å². The van der Waals surface area contributed by atoms with E-state index in [1.165, 1.54) is 16.7 Å². The Balaban J connectivity index is 1.75. The van der Waals surface area contributed by atoms with E-state index in [2.05, 4.69) is 51.7 Å². The minimum absolute atomic E-state index is 0.152. The first-order valence-corrected chi connectivity index (χ1v) is 8.06. The Morgan fingerprint density at radius 1 is 1.38 bits per heavy atom. The first kappa shape index (κ1) is 14.7. The SMILES string of the molecule is C=CCn1ncc2c(=O)[nH]c(N3CCc4ccc(C)cc4C3)nc21. The average molecular weight is 321 g/mol. The highest BCUT2D eigenvalue weighted by Gasteiger charge is 2.20. The van der Waals surface area contributed by atoms with Gasteiger partial charge in [-0.3, -0.25) is 9.78 Å². The number of rotatable bonds is 3. The molecular weight excluding hydrogens is 302 g/mol. The quantitative estimate of drug-likeness (QED) is 0.751. The van der Waals surface area contributed by atoms with Crippen LogP contribution in [0.3, 0.4) is 0 Å². The van der Waals surface area contributed by atoms with Crippen LogP contribution in [0.25, 0.3) is 11.0 Å². The first-order valence-electron chi connectivity index (χ1n) is 8.06. The molecule has 0 unspecified atom stereocenters. The number of anilines is 1. The van der Waals surface area contributed by atoms with Gasteiger partial charge in [0.15, 0.2) is 5.65 Å². The van der Waals surface area contributed by atoms with Crippen molar-refractivity contribution < 1.29 is 0 Å². The summed E-state index contributed by atoms with van der Waals surface area (Å²) in [5, 5.41) is 4.73. The molecule has 0 radical (unpaired) electrons. The number of aromatic amines is 1. The van der Waals surface area contributed by atoms with Crippen LogP contribution in [0.1, 0.15) is 16.7 Å². The molecule has 0 aliphatic carbocycles. The number of aryl methyl sites for hydroxylation is 1. The molecule has 1 aliphatic rings. The van der Waals surface area contributed by atoms with E-state index >= 15 is 0 Å². The van der Waals surface area contributed by atoms with E-state index in [1.807, 2.05) is 0 Å². The third-order valence-electron chi connectivity index (χ3n) is 4.47. The fraction of sp³-hybridized carbons (Fsp3) is 0.278. The summed E-state index contributed by atoms with van der Waals surface area (Å²) in [6, 6.07) is 6.55. The molecule has 6 heteroatoms. The Morgan fingerprint density at radius 2 is 2.25 bits per heavy atom. The summed E-state index contributed by atoms with van der Waals surface area (Å²) in [5.41, 5.74) is 4.36. The van der Waals surface area contributed by atoms with E-state index in [4.69, 9.17) is 0 Å². The van der Waals surface area contributed by atoms with Crippen LogP contribution in [0, 0.1) is 6.92 Å². The zero-order valence-electron chi connectivity index (χ0n) is 13.6. The lowest BCUT2D eigenvalue weighted by atomic mass is 9.98. The summed E-state index contributed by atoms with van der Waals surface area (Å²) < 4.78 is 1.70. The fourth-order valence-corrected chi connectivity index (χ4v) is 3.23. The molecule has 24 heavy (non-hydrogen) atoms. The minimum atomic E-state index is -0.152.